The molecule has 1 aliphatic heterocycles. The molecule has 0 unspecified atom stereocenters. The van der Waals surface area contributed by atoms with Crippen LogP contribution in [-0.2, 0) is 16.6 Å². The number of anilines is 1. The predicted octanol–water partition coefficient (Wildman–Crippen LogP) is 2.84. The van der Waals surface area contributed by atoms with Gasteiger partial charge in [0.15, 0.2) is 0 Å². The Hall–Kier alpha value is -2.09. The van der Waals surface area contributed by atoms with Gasteiger partial charge in [0, 0.05) is 31.9 Å². The van der Waals surface area contributed by atoms with E-state index in [0.717, 1.165) is 26.2 Å². The quantitative estimate of drug-likeness (QED) is 0.733. The van der Waals surface area contributed by atoms with E-state index in [2.05, 4.69) is 41.1 Å². The molecule has 1 heterocycles. The highest BCUT2D eigenvalue weighted by atomic mass is 32.2. The lowest BCUT2D eigenvalue weighted by Gasteiger charge is -2.31. The zero-order valence-electron chi connectivity index (χ0n) is 16.4. The first kappa shape index (κ1) is 20.6. The van der Waals surface area contributed by atoms with Crippen molar-refractivity contribution in [1.29, 1.82) is 0 Å². The number of rotatable bonds is 8. The van der Waals surface area contributed by atoms with Gasteiger partial charge in [-0.15, -0.1) is 0 Å². The van der Waals surface area contributed by atoms with Crippen LogP contribution in [0.4, 0.5) is 5.69 Å². The Morgan fingerprint density at radius 3 is 2.39 bits per heavy atom. The third kappa shape index (κ3) is 5.70. The second kappa shape index (κ2) is 9.41. The molecule has 0 aliphatic carbocycles. The number of benzene rings is 2. The van der Waals surface area contributed by atoms with E-state index in [1.807, 2.05) is 0 Å². The Morgan fingerprint density at radius 1 is 1.04 bits per heavy atom. The molecule has 6 nitrogen and oxygen atoms in total. The summed E-state index contributed by atoms with van der Waals surface area (Å²) in [7, 11) is -1.59. The largest absolute Gasteiger partial charge is 0.492 e. The molecule has 0 bridgehead atoms. The van der Waals surface area contributed by atoms with E-state index in [0.29, 0.717) is 12.4 Å². The van der Waals surface area contributed by atoms with Crippen LogP contribution in [0.3, 0.4) is 0 Å². The van der Waals surface area contributed by atoms with Gasteiger partial charge in [-0.2, -0.15) is 0 Å². The number of sulfonamides is 1. The van der Waals surface area contributed by atoms with Crippen molar-refractivity contribution >= 4 is 15.7 Å². The molecule has 0 spiro atoms. The monoisotopic (exact) mass is 403 g/mol. The van der Waals surface area contributed by atoms with Crippen molar-refractivity contribution in [2.75, 3.05) is 38.2 Å². The summed E-state index contributed by atoms with van der Waals surface area (Å²) in [5.41, 5.74) is 2.68. The maximum absolute atomic E-state index is 11.3. The molecule has 2 N–H and O–H groups in total. The number of primary sulfonamides is 1. The summed E-state index contributed by atoms with van der Waals surface area (Å²) in [4.78, 5) is 4.82. The highest BCUT2D eigenvalue weighted by Gasteiger charge is 2.15. The fourth-order valence-corrected chi connectivity index (χ4v) is 4.02. The average Bonchev–Trinajstić information content (AvgIpc) is 2.69. The molecule has 3 rings (SSSR count). The van der Waals surface area contributed by atoms with Crippen molar-refractivity contribution in [3.8, 4) is 5.75 Å². The fraction of sp³-hybridized carbons (Fsp3) is 0.429. The topological polar surface area (TPSA) is 75.9 Å². The molecule has 1 fully saturated rings. The van der Waals surface area contributed by atoms with Crippen molar-refractivity contribution in [2.45, 2.75) is 30.7 Å². The minimum Gasteiger partial charge on any atom is -0.492 e. The molecule has 0 radical (unpaired) electrons. The minimum absolute atomic E-state index is 0.0892. The normalized spacial score (nSPS) is 15.0. The van der Waals surface area contributed by atoms with Crippen LogP contribution in [0, 0.1) is 0 Å². The lowest BCUT2D eigenvalue weighted by molar-refractivity contribution is 0.233. The van der Waals surface area contributed by atoms with Crippen LogP contribution in [-0.4, -0.2) is 46.6 Å². The molecule has 0 saturated carbocycles. The summed E-state index contributed by atoms with van der Waals surface area (Å²) in [6, 6.07) is 14.8. The van der Waals surface area contributed by atoms with Crippen LogP contribution >= 0.6 is 0 Å². The van der Waals surface area contributed by atoms with E-state index in [4.69, 9.17) is 9.88 Å². The van der Waals surface area contributed by atoms with Crippen molar-refractivity contribution in [3.63, 3.8) is 0 Å². The van der Waals surface area contributed by atoms with Crippen LogP contribution in [0.5, 0.6) is 5.75 Å². The van der Waals surface area contributed by atoms with Crippen LogP contribution in [0.25, 0.3) is 0 Å². The van der Waals surface area contributed by atoms with E-state index < -0.39 is 10.0 Å². The summed E-state index contributed by atoms with van der Waals surface area (Å²) in [5, 5.41) is 5.11. The second-order valence-electron chi connectivity index (χ2n) is 7.28. The first-order chi connectivity index (χ1) is 13.4. The van der Waals surface area contributed by atoms with Crippen LogP contribution in [0.15, 0.2) is 53.4 Å². The summed E-state index contributed by atoms with van der Waals surface area (Å²) in [6.45, 7) is 4.43. The van der Waals surface area contributed by atoms with Gasteiger partial charge in [0.1, 0.15) is 12.4 Å². The van der Waals surface area contributed by atoms with Crippen LogP contribution in [0.2, 0.25) is 0 Å². The smallest absolute Gasteiger partial charge is 0.238 e. The highest BCUT2D eigenvalue weighted by Crippen LogP contribution is 2.25. The predicted molar refractivity (Wildman–Crippen MR) is 112 cm³/mol. The molecule has 1 aliphatic rings. The van der Waals surface area contributed by atoms with Crippen LogP contribution in [0.1, 0.15) is 24.8 Å². The van der Waals surface area contributed by atoms with Gasteiger partial charge in [-0.25, -0.2) is 13.6 Å². The van der Waals surface area contributed by atoms with Crippen LogP contribution < -0.4 is 14.8 Å². The fourth-order valence-electron chi connectivity index (χ4n) is 3.50. The Morgan fingerprint density at radius 2 is 1.71 bits per heavy atom. The number of ether oxygens (including phenoxy) is 1. The summed E-state index contributed by atoms with van der Waals surface area (Å²) < 4.78 is 28.3. The van der Waals surface area contributed by atoms with E-state index in [-0.39, 0.29) is 4.90 Å². The van der Waals surface area contributed by atoms with Crippen molar-refractivity contribution < 1.29 is 13.2 Å². The molecule has 0 atom stereocenters. The molecule has 0 aromatic heterocycles. The summed E-state index contributed by atoms with van der Waals surface area (Å²) in [6.07, 6.45) is 3.86. The Balaban J connectivity index is 1.51. The third-order valence-corrected chi connectivity index (χ3v) is 5.95. The number of piperidine rings is 1. The first-order valence-electron chi connectivity index (χ1n) is 9.70. The molecule has 28 heavy (non-hydrogen) atoms. The van der Waals surface area contributed by atoms with Crippen molar-refractivity contribution in [1.82, 2.24) is 4.90 Å². The highest BCUT2D eigenvalue weighted by molar-refractivity contribution is 7.89. The zero-order chi connectivity index (χ0) is 20.0. The van der Waals surface area contributed by atoms with Crippen molar-refractivity contribution in [3.05, 3.63) is 54.1 Å². The third-order valence-electron chi connectivity index (χ3n) is 5.02. The number of nitrogens with zero attached hydrogens (tertiary/aromatic N) is 2. The Bertz CT molecular complexity index is 863. The molecular weight excluding hydrogens is 374 g/mol. The van der Waals surface area contributed by atoms with Gasteiger partial charge in [-0.3, -0.25) is 4.90 Å². The SMILES string of the molecule is CN(CCOc1ccc(S(N)(=O)=O)cc1)Cc1ccccc1N1CCCCC1. The average molecular weight is 404 g/mol. The van der Waals surface area contributed by atoms with Gasteiger partial charge in [-0.1, -0.05) is 18.2 Å². The summed E-state index contributed by atoms with van der Waals surface area (Å²) in [5.74, 6) is 0.634. The van der Waals surface area contributed by atoms with Gasteiger partial charge >= 0.3 is 0 Å². The van der Waals surface area contributed by atoms with E-state index >= 15 is 0 Å². The first-order valence-corrected chi connectivity index (χ1v) is 11.3. The summed E-state index contributed by atoms with van der Waals surface area (Å²) >= 11 is 0. The van der Waals surface area contributed by atoms with Gasteiger partial charge < -0.3 is 9.64 Å². The number of hydrogen-bond acceptors (Lipinski definition) is 5. The lowest BCUT2D eigenvalue weighted by atomic mass is 10.1. The van der Waals surface area contributed by atoms with E-state index in [9.17, 15) is 8.42 Å². The number of nitrogens with two attached hydrogens (primary N) is 1. The number of hydrogen-bond donors (Lipinski definition) is 1. The van der Waals surface area contributed by atoms with Gasteiger partial charge in [-0.05, 0) is 62.2 Å². The number of likely N-dealkylation sites (N-methyl/N-ethyl adjacent to an activating group) is 1. The molecule has 0 amide bonds. The standard InChI is InChI=1S/C21H29N3O3S/c1-23(15-16-27-19-9-11-20(12-10-19)28(22,25)26)17-18-7-3-4-8-21(18)24-13-5-2-6-14-24/h3-4,7-12H,2,5-6,13-17H2,1H3,(H2,22,25,26). The zero-order valence-corrected chi connectivity index (χ0v) is 17.2. The van der Waals surface area contributed by atoms with E-state index in [1.54, 1.807) is 12.1 Å². The molecular formula is C21H29N3O3S. The number of para-hydroxylation sites is 1. The Kier molecular flexibility index (Phi) is 6.93. The lowest BCUT2D eigenvalue weighted by Crippen LogP contribution is -2.31. The minimum atomic E-state index is -3.67. The molecule has 7 heteroatoms. The second-order valence-corrected chi connectivity index (χ2v) is 8.84. The van der Waals surface area contributed by atoms with E-state index in [1.165, 1.54) is 42.6 Å². The van der Waals surface area contributed by atoms with Gasteiger partial charge in [0.05, 0.1) is 4.90 Å². The molecule has 152 valence electrons. The van der Waals surface area contributed by atoms with Gasteiger partial charge in [0.25, 0.3) is 0 Å². The Labute approximate surface area is 168 Å². The van der Waals surface area contributed by atoms with Crippen molar-refractivity contribution in [2.24, 2.45) is 5.14 Å². The van der Waals surface area contributed by atoms with Gasteiger partial charge in [0.2, 0.25) is 10.0 Å². The maximum Gasteiger partial charge on any atom is 0.238 e. The molecule has 2 aromatic carbocycles. The molecule has 2 aromatic rings. The molecule has 1 saturated heterocycles. The maximum atomic E-state index is 11.3.